The lowest BCUT2D eigenvalue weighted by Crippen LogP contribution is -2.22. The maximum Gasteiger partial charge on any atom is 0.159 e. The molecule has 0 aliphatic heterocycles. The van der Waals surface area contributed by atoms with Crippen LogP contribution in [-0.4, -0.2) is 17.0 Å². The summed E-state index contributed by atoms with van der Waals surface area (Å²) in [6.07, 6.45) is 5.45. The van der Waals surface area contributed by atoms with E-state index in [4.69, 9.17) is 4.98 Å². The summed E-state index contributed by atoms with van der Waals surface area (Å²) in [4.78, 5) is 9.40. The van der Waals surface area contributed by atoms with Gasteiger partial charge in [-0.25, -0.2) is 9.97 Å². The third-order valence-electron chi connectivity index (χ3n) is 4.01. The predicted molar refractivity (Wildman–Crippen MR) is 81.7 cm³/mol. The van der Waals surface area contributed by atoms with Crippen LogP contribution in [0.1, 0.15) is 41.3 Å². The molecule has 1 N–H and O–H groups in total. The molecule has 3 nitrogen and oxygen atoms in total. The van der Waals surface area contributed by atoms with Crippen LogP contribution < -0.4 is 5.32 Å². The Balaban J connectivity index is 2.04. The molecular formula is C17H21N3. The molecular weight excluding hydrogens is 246 g/mol. The van der Waals surface area contributed by atoms with Crippen LogP contribution in [0.3, 0.4) is 0 Å². The fourth-order valence-electron chi connectivity index (χ4n) is 3.09. The number of aryl methyl sites for hydroxylation is 3. The predicted octanol–water partition coefficient (Wildman–Crippen LogP) is 3.36. The van der Waals surface area contributed by atoms with Crippen molar-refractivity contribution in [2.24, 2.45) is 0 Å². The first-order valence-electron chi connectivity index (χ1n) is 7.29. The average molecular weight is 267 g/mol. The first-order valence-corrected chi connectivity index (χ1v) is 7.29. The number of rotatable bonds is 2. The second kappa shape index (κ2) is 5.33. The van der Waals surface area contributed by atoms with Gasteiger partial charge in [0, 0.05) is 29.1 Å². The van der Waals surface area contributed by atoms with E-state index in [1.165, 1.54) is 35.2 Å². The van der Waals surface area contributed by atoms with E-state index >= 15 is 0 Å². The van der Waals surface area contributed by atoms with Gasteiger partial charge in [0.15, 0.2) is 5.82 Å². The van der Waals surface area contributed by atoms with Gasteiger partial charge in [-0.05, 0) is 52.3 Å². The molecule has 1 aliphatic carbocycles. The zero-order chi connectivity index (χ0) is 14.1. The molecule has 1 atom stereocenters. The monoisotopic (exact) mass is 267 g/mol. The molecule has 0 spiro atoms. The molecule has 0 amide bonds. The van der Waals surface area contributed by atoms with E-state index in [2.05, 4.69) is 42.3 Å². The lowest BCUT2D eigenvalue weighted by molar-refractivity contribution is 0.488. The van der Waals surface area contributed by atoms with Gasteiger partial charge in [0.2, 0.25) is 0 Å². The molecule has 0 saturated carbocycles. The summed E-state index contributed by atoms with van der Waals surface area (Å²) in [6.45, 7) is 4.23. The normalized spacial score (nSPS) is 17.9. The molecule has 1 heterocycles. The fourth-order valence-corrected chi connectivity index (χ4v) is 3.09. The lowest BCUT2D eigenvalue weighted by atomic mass is 9.92. The number of nitrogens with zero attached hydrogens (tertiary/aromatic N) is 2. The minimum Gasteiger partial charge on any atom is -0.313 e. The van der Waals surface area contributed by atoms with Gasteiger partial charge in [-0.3, -0.25) is 0 Å². The summed E-state index contributed by atoms with van der Waals surface area (Å²) in [7, 11) is 2.01. The van der Waals surface area contributed by atoms with Gasteiger partial charge in [0.25, 0.3) is 0 Å². The summed E-state index contributed by atoms with van der Waals surface area (Å²) >= 11 is 0. The Morgan fingerprint density at radius 3 is 2.60 bits per heavy atom. The van der Waals surface area contributed by atoms with Gasteiger partial charge in [-0.1, -0.05) is 17.2 Å². The maximum atomic E-state index is 4.81. The summed E-state index contributed by atoms with van der Waals surface area (Å²) in [5.41, 5.74) is 6.12. The van der Waals surface area contributed by atoms with Crippen molar-refractivity contribution in [3.8, 4) is 11.4 Å². The quantitative estimate of drug-likeness (QED) is 0.906. The Labute approximate surface area is 120 Å². The van der Waals surface area contributed by atoms with Crippen LogP contribution in [0.4, 0.5) is 0 Å². The Morgan fingerprint density at radius 1 is 1.15 bits per heavy atom. The van der Waals surface area contributed by atoms with Crippen molar-refractivity contribution in [3.63, 3.8) is 0 Å². The SMILES string of the molecule is CNC1CCCc2nc(-c3cc(C)cc(C)c3)ncc21. The van der Waals surface area contributed by atoms with Gasteiger partial charge >= 0.3 is 0 Å². The molecule has 1 aliphatic rings. The number of aromatic nitrogens is 2. The van der Waals surface area contributed by atoms with Crippen molar-refractivity contribution in [2.75, 3.05) is 7.05 Å². The van der Waals surface area contributed by atoms with E-state index in [-0.39, 0.29) is 0 Å². The summed E-state index contributed by atoms with van der Waals surface area (Å²) in [5.74, 6) is 0.854. The highest BCUT2D eigenvalue weighted by atomic mass is 14.9. The number of fused-ring (bicyclic) bond motifs is 1. The van der Waals surface area contributed by atoms with Crippen LogP contribution in [0.15, 0.2) is 24.4 Å². The molecule has 3 heteroatoms. The largest absolute Gasteiger partial charge is 0.313 e. The first-order chi connectivity index (χ1) is 9.67. The molecule has 0 radical (unpaired) electrons. The highest BCUT2D eigenvalue weighted by molar-refractivity contribution is 5.58. The summed E-state index contributed by atoms with van der Waals surface area (Å²) < 4.78 is 0. The lowest BCUT2D eigenvalue weighted by Gasteiger charge is -2.24. The smallest absolute Gasteiger partial charge is 0.159 e. The molecule has 20 heavy (non-hydrogen) atoms. The van der Waals surface area contributed by atoms with E-state index in [1.807, 2.05) is 13.2 Å². The van der Waals surface area contributed by atoms with Crippen molar-refractivity contribution in [1.29, 1.82) is 0 Å². The fraction of sp³-hybridized carbons (Fsp3) is 0.412. The van der Waals surface area contributed by atoms with Gasteiger partial charge in [-0.2, -0.15) is 0 Å². The third kappa shape index (κ3) is 2.46. The Kier molecular flexibility index (Phi) is 3.53. The van der Waals surface area contributed by atoms with E-state index in [0.29, 0.717) is 6.04 Å². The zero-order valence-corrected chi connectivity index (χ0v) is 12.4. The standard InChI is InChI=1S/C17H21N3/c1-11-7-12(2)9-13(8-11)17-19-10-14-15(18-3)5-4-6-16(14)20-17/h7-10,15,18H,4-6H2,1-3H3. The van der Waals surface area contributed by atoms with Crippen LogP contribution in [0, 0.1) is 13.8 Å². The topological polar surface area (TPSA) is 37.8 Å². The van der Waals surface area contributed by atoms with Gasteiger partial charge in [0.1, 0.15) is 0 Å². The van der Waals surface area contributed by atoms with Crippen LogP contribution in [0.5, 0.6) is 0 Å². The second-order valence-corrected chi connectivity index (χ2v) is 5.71. The molecule has 3 rings (SSSR count). The van der Waals surface area contributed by atoms with Crippen molar-refractivity contribution in [1.82, 2.24) is 15.3 Å². The van der Waals surface area contributed by atoms with Crippen LogP contribution >= 0.6 is 0 Å². The maximum absolute atomic E-state index is 4.81. The Bertz CT molecular complexity index is 614. The average Bonchev–Trinajstić information content (AvgIpc) is 2.45. The highest BCUT2D eigenvalue weighted by Gasteiger charge is 2.21. The van der Waals surface area contributed by atoms with Crippen LogP contribution in [0.2, 0.25) is 0 Å². The Morgan fingerprint density at radius 2 is 1.90 bits per heavy atom. The third-order valence-corrected chi connectivity index (χ3v) is 4.01. The van der Waals surface area contributed by atoms with Crippen molar-refractivity contribution in [3.05, 3.63) is 46.8 Å². The summed E-state index contributed by atoms with van der Waals surface area (Å²) in [5, 5.41) is 3.36. The highest BCUT2D eigenvalue weighted by Crippen LogP contribution is 2.29. The van der Waals surface area contributed by atoms with E-state index in [0.717, 1.165) is 17.8 Å². The van der Waals surface area contributed by atoms with Crippen LogP contribution in [-0.2, 0) is 6.42 Å². The molecule has 1 unspecified atom stereocenters. The summed E-state index contributed by atoms with van der Waals surface area (Å²) in [6, 6.07) is 6.91. The number of benzene rings is 1. The Hall–Kier alpha value is -1.74. The molecule has 1 aromatic carbocycles. The van der Waals surface area contributed by atoms with Gasteiger partial charge in [0.05, 0.1) is 0 Å². The molecule has 104 valence electrons. The van der Waals surface area contributed by atoms with E-state index < -0.39 is 0 Å². The molecule has 0 saturated heterocycles. The van der Waals surface area contributed by atoms with E-state index in [9.17, 15) is 0 Å². The second-order valence-electron chi connectivity index (χ2n) is 5.71. The number of hydrogen-bond acceptors (Lipinski definition) is 3. The van der Waals surface area contributed by atoms with Gasteiger partial charge < -0.3 is 5.32 Å². The molecule has 2 aromatic rings. The number of hydrogen-bond donors (Lipinski definition) is 1. The molecule has 0 fully saturated rings. The zero-order valence-electron chi connectivity index (χ0n) is 12.4. The minimum absolute atomic E-state index is 0.409. The molecule has 1 aromatic heterocycles. The van der Waals surface area contributed by atoms with Gasteiger partial charge in [-0.15, -0.1) is 0 Å². The van der Waals surface area contributed by atoms with Crippen LogP contribution in [0.25, 0.3) is 11.4 Å². The van der Waals surface area contributed by atoms with Crippen molar-refractivity contribution in [2.45, 2.75) is 39.2 Å². The first kappa shape index (κ1) is 13.3. The van der Waals surface area contributed by atoms with Crippen molar-refractivity contribution < 1.29 is 0 Å². The molecule has 0 bridgehead atoms. The van der Waals surface area contributed by atoms with E-state index in [1.54, 1.807) is 0 Å². The van der Waals surface area contributed by atoms with Crippen molar-refractivity contribution >= 4 is 0 Å². The minimum atomic E-state index is 0.409. The number of nitrogens with one attached hydrogen (secondary N) is 1.